The molecule has 4 aromatic rings. The lowest BCUT2D eigenvalue weighted by molar-refractivity contribution is -0.121. The van der Waals surface area contributed by atoms with Gasteiger partial charge in [-0.05, 0) is 77.6 Å². The third kappa shape index (κ3) is 7.01. The number of fused-ring (bicyclic) bond motifs is 4. The van der Waals surface area contributed by atoms with Gasteiger partial charge < -0.3 is 20.4 Å². The van der Waals surface area contributed by atoms with Gasteiger partial charge in [0, 0.05) is 41.1 Å². The minimum atomic E-state index is -0.533. The van der Waals surface area contributed by atoms with Crippen molar-refractivity contribution in [2.45, 2.75) is 45.1 Å². The average molecular weight is 578 g/mol. The summed E-state index contributed by atoms with van der Waals surface area (Å²) in [6.07, 6.45) is 6.19. The van der Waals surface area contributed by atoms with Crippen molar-refractivity contribution in [3.05, 3.63) is 65.3 Å². The Morgan fingerprint density at radius 3 is 2.88 bits per heavy atom. The van der Waals surface area contributed by atoms with E-state index in [0.29, 0.717) is 28.9 Å². The summed E-state index contributed by atoms with van der Waals surface area (Å²) in [7, 11) is 1.33. The van der Waals surface area contributed by atoms with Crippen molar-refractivity contribution < 1.29 is 14.3 Å². The third-order valence-electron chi connectivity index (χ3n) is 7.08. The topological polar surface area (TPSA) is 152 Å². The van der Waals surface area contributed by atoms with Crippen LogP contribution < -0.4 is 16.0 Å². The summed E-state index contributed by atoms with van der Waals surface area (Å²) in [6, 6.07) is 10.8. The monoisotopic (exact) mass is 577 g/mol. The molecular formula is C28H32ClN9O3. The van der Waals surface area contributed by atoms with Gasteiger partial charge in [-0.15, -0.1) is 5.10 Å². The van der Waals surface area contributed by atoms with E-state index in [1.54, 1.807) is 16.8 Å². The number of benzene rings is 2. The molecule has 0 radical (unpaired) electrons. The summed E-state index contributed by atoms with van der Waals surface area (Å²) < 4.78 is 6.29. The maximum absolute atomic E-state index is 13.2. The number of nitrogens with one attached hydrogen (secondary N) is 4. The molecule has 0 saturated carbocycles. The number of carbonyl (C=O) groups is 2. The van der Waals surface area contributed by atoms with Crippen LogP contribution in [0.4, 0.5) is 16.2 Å². The number of nitrogens with zero attached hydrogens (tertiary/aromatic N) is 5. The van der Waals surface area contributed by atoms with Crippen molar-refractivity contribution in [2.75, 3.05) is 24.3 Å². The van der Waals surface area contributed by atoms with Crippen LogP contribution >= 0.6 is 11.6 Å². The van der Waals surface area contributed by atoms with Crippen LogP contribution in [0.2, 0.25) is 5.02 Å². The smallest absolute Gasteiger partial charge is 0.411 e. The maximum atomic E-state index is 13.2. The molecular weight excluding hydrogens is 546 g/mol. The Hall–Kier alpha value is -4.45. The van der Waals surface area contributed by atoms with Crippen molar-refractivity contribution in [2.24, 2.45) is 5.92 Å². The van der Waals surface area contributed by atoms with E-state index in [9.17, 15) is 9.59 Å². The number of rotatable bonds is 6. The second-order valence-corrected chi connectivity index (χ2v) is 10.5. The summed E-state index contributed by atoms with van der Waals surface area (Å²) in [5.74, 6) is 1.00. The van der Waals surface area contributed by atoms with Gasteiger partial charge in [-0.1, -0.05) is 24.9 Å². The number of anilines is 2. The summed E-state index contributed by atoms with van der Waals surface area (Å²) >= 11 is 6.24. The average Bonchev–Trinajstić information content (AvgIpc) is 3.67. The zero-order valence-electron chi connectivity index (χ0n) is 22.9. The molecule has 0 saturated heterocycles. The Kier molecular flexibility index (Phi) is 8.78. The molecule has 12 nitrogen and oxygen atoms in total. The molecule has 4 N–H and O–H groups in total. The number of aromatic nitrogens is 6. The number of aromatic amines is 1. The minimum absolute atomic E-state index is 0.0867. The van der Waals surface area contributed by atoms with Gasteiger partial charge in [0.15, 0.2) is 0 Å². The Morgan fingerprint density at radius 1 is 1.20 bits per heavy atom. The zero-order chi connectivity index (χ0) is 28.8. The molecule has 2 aromatic heterocycles. The van der Waals surface area contributed by atoms with Gasteiger partial charge >= 0.3 is 6.09 Å². The first-order chi connectivity index (χ1) is 19.9. The number of hydrogen-bond acceptors (Lipinski definition) is 8. The predicted octanol–water partition coefficient (Wildman–Crippen LogP) is 4.91. The van der Waals surface area contributed by atoms with Gasteiger partial charge in [-0.25, -0.2) is 14.5 Å². The third-order valence-corrected chi connectivity index (χ3v) is 7.31. The number of tetrazole rings is 1. The summed E-state index contributed by atoms with van der Waals surface area (Å²) in [4.78, 5) is 33.0. The molecule has 5 rings (SSSR count). The number of hydrogen-bond donors (Lipinski definition) is 4. The first kappa shape index (κ1) is 28.1. The number of methoxy groups -OCH3 is 1. The largest absolute Gasteiger partial charge is 0.453 e. The van der Waals surface area contributed by atoms with Crippen LogP contribution in [0.5, 0.6) is 0 Å². The highest BCUT2D eigenvalue weighted by Gasteiger charge is 2.21. The van der Waals surface area contributed by atoms with Crippen LogP contribution in [-0.4, -0.2) is 55.8 Å². The Morgan fingerprint density at radius 2 is 2.07 bits per heavy atom. The predicted molar refractivity (Wildman–Crippen MR) is 155 cm³/mol. The first-order valence-electron chi connectivity index (χ1n) is 13.5. The molecule has 3 heterocycles. The van der Waals surface area contributed by atoms with Crippen molar-refractivity contribution in [3.63, 3.8) is 0 Å². The molecule has 2 amide bonds. The fraction of sp³-hybridized carbons (Fsp3) is 0.357. The van der Waals surface area contributed by atoms with Crippen molar-refractivity contribution in [1.29, 1.82) is 0 Å². The van der Waals surface area contributed by atoms with E-state index in [4.69, 9.17) is 21.3 Å². The SMILES string of the molecule is COC(=O)Nc1ccc2c(c1)NC[C@H](C)CCC[C@H](NC(=O)CCc1cc(Cl)ccc1-n1cnnn1)c1nc-2c[nH]1. The van der Waals surface area contributed by atoms with Crippen LogP contribution in [-0.2, 0) is 16.0 Å². The van der Waals surface area contributed by atoms with Crippen LogP contribution in [0.25, 0.3) is 16.9 Å². The normalized spacial score (nSPS) is 16.9. The van der Waals surface area contributed by atoms with Gasteiger partial charge in [0.05, 0.1) is 24.5 Å². The van der Waals surface area contributed by atoms with Crippen molar-refractivity contribution in [3.8, 4) is 16.9 Å². The van der Waals surface area contributed by atoms with Crippen LogP contribution in [0.1, 0.15) is 50.0 Å². The lowest BCUT2D eigenvalue weighted by atomic mass is 9.99. The molecule has 1 aliphatic heterocycles. The zero-order valence-corrected chi connectivity index (χ0v) is 23.6. The highest BCUT2D eigenvalue weighted by Crippen LogP contribution is 2.32. The number of carbonyl (C=O) groups excluding carboxylic acids is 2. The highest BCUT2D eigenvalue weighted by molar-refractivity contribution is 6.30. The quantitative estimate of drug-likeness (QED) is 0.252. The molecule has 41 heavy (non-hydrogen) atoms. The number of amides is 2. The Labute approximate surface area is 242 Å². The Bertz CT molecular complexity index is 1510. The summed E-state index contributed by atoms with van der Waals surface area (Å²) in [6.45, 7) is 2.95. The second-order valence-electron chi connectivity index (χ2n) is 10.1. The summed E-state index contributed by atoms with van der Waals surface area (Å²) in [5.41, 5.74) is 4.75. The molecule has 0 unspecified atom stereocenters. The molecule has 13 heteroatoms. The molecule has 214 valence electrons. The van der Waals surface area contributed by atoms with E-state index in [-0.39, 0.29) is 18.4 Å². The molecule has 2 aromatic carbocycles. The first-order valence-corrected chi connectivity index (χ1v) is 13.9. The second kappa shape index (κ2) is 12.8. The van der Waals surface area contributed by atoms with E-state index >= 15 is 0 Å². The standard InChI is InChI=1S/C28H32ClN9O3/c1-17-4-3-5-22(34-26(39)11-6-18-12-19(29)7-10-25(18)38-16-32-36-37-38)27-31-15-24(35-27)21-9-8-20(33-28(40)41-2)13-23(21)30-14-17/h7-10,12-13,15-17,22,30H,3-6,11,14H2,1-2H3,(H,31,35)(H,33,40)(H,34,39)/t17-,22+/m1/s1. The van der Waals surface area contributed by atoms with Crippen molar-refractivity contribution in [1.82, 2.24) is 35.5 Å². The number of ether oxygens (including phenoxy) is 1. The number of halogens is 1. The van der Waals surface area contributed by atoms with Crippen LogP contribution in [0.15, 0.2) is 48.9 Å². The minimum Gasteiger partial charge on any atom is -0.453 e. The van der Waals surface area contributed by atoms with Gasteiger partial charge in [0.1, 0.15) is 12.2 Å². The van der Waals surface area contributed by atoms with E-state index < -0.39 is 6.09 Å². The van der Waals surface area contributed by atoms with Gasteiger partial charge in [-0.3, -0.25) is 10.1 Å². The van der Waals surface area contributed by atoms with E-state index in [1.807, 2.05) is 30.5 Å². The summed E-state index contributed by atoms with van der Waals surface area (Å²) in [5, 5.41) is 21.4. The molecule has 1 aliphatic rings. The maximum Gasteiger partial charge on any atom is 0.411 e. The van der Waals surface area contributed by atoms with Gasteiger partial charge in [-0.2, -0.15) is 0 Å². The molecule has 0 spiro atoms. The van der Waals surface area contributed by atoms with Gasteiger partial charge in [0.25, 0.3) is 0 Å². The number of H-pyrrole nitrogens is 1. The van der Waals surface area contributed by atoms with E-state index in [2.05, 4.69) is 43.4 Å². The molecule has 0 fully saturated rings. The fourth-order valence-corrected chi connectivity index (χ4v) is 5.11. The number of aryl methyl sites for hydroxylation is 1. The van der Waals surface area contributed by atoms with E-state index in [0.717, 1.165) is 54.0 Å². The number of imidazole rings is 1. The van der Waals surface area contributed by atoms with Crippen LogP contribution in [0.3, 0.4) is 0 Å². The highest BCUT2D eigenvalue weighted by atomic mass is 35.5. The fourth-order valence-electron chi connectivity index (χ4n) is 4.91. The van der Waals surface area contributed by atoms with Gasteiger partial charge in [0.2, 0.25) is 5.91 Å². The Balaban J connectivity index is 1.33. The lowest BCUT2D eigenvalue weighted by Gasteiger charge is -2.20. The van der Waals surface area contributed by atoms with Crippen molar-refractivity contribution >= 4 is 35.0 Å². The molecule has 2 atom stereocenters. The van der Waals surface area contributed by atoms with Crippen LogP contribution in [0, 0.1) is 5.92 Å². The lowest BCUT2D eigenvalue weighted by Crippen LogP contribution is -2.30. The molecule has 0 aliphatic carbocycles. The molecule has 2 bridgehead atoms. The van der Waals surface area contributed by atoms with E-state index in [1.165, 1.54) is 13.4 Å².